The zero-order valence-corrected chi connectivity index (χ0v) is 22.2. The molecule has 0 saturated heterocycles. The van der Waals surface area contributed by atoms with Gasteiger partial charge in [-0.15, -0.1) is 0 Å². The molecule has 4 nitrogen and oxygen atoms in total. The number of hydrogen-bond acceptors (Lipinski definition) is 3. The van der Waals surface area contributed by atoms with E-state index < -0.39 is 0 Å². The molecule has 0 fully saturated rings. The van der Waals surface area contributed by atoms with Crippen molar-refractivity contribution in [2.45, 2.75) is 0 Å². The summed E-state index contributed by atoms with van der Waals surface area (Å²) in [6.07, 6.45) is 0. The van der Waals surface area contributed by atoms with Crippen molar-refractivity contribution >= 4 is 32.3 Å². The van der Waals surface area contributed by atoms with Crippen LogP contribution in [0.15, 0.2) is 127 Å². The molecular formula is C30H26CeNO3-. The summed E-state index contributed by atoms with van der Waals surface area (Å²) in [5.74, 6) is 1.05. The minimum Gasteiger partial charge on any atom is -0.693 e. The number of nitrogens with two attached hydrogens (primary N) is 1. The van der Waals surface area contributed by atoms with Crippen LogP contribution in [0.4, 0.5) is 0 Å². The van der Waals surface area contributed by atoms with E-state index in [9.17, 15) is 15.3 Å². The predicted molar refractivity (Wildman–Crippen MR) is 142 cm³/mol. The van der Waals surface area contributed by atoms with Gasteiger partial charge in [-0.1, -0.05) is 109 Å². The van der Waals surface area contributed by atoms with Gasteiger partial charge < -0.3 is 21.5 Å². The fraction of sp³-hybridized carbons (Fsp3) is 0. The molecule has 0 aliphatic rings. The molecule has 0 saturated carbocycles. The number of phenolic OH excluding ortho intramolecular Hbond substituents is 3. The average molecular weight is 589 g/mol. The first kappa shape index (κ1) is 28.1. The van der Waals surface area contributed by atoms with Gasteiger partial charge >= 0.3 is 0 Å². The maximum Gasteiger partial charge on any atom is 0.123 e. The second-order valence-electron chi connectivity index (χ2n) is 7.49. The van der Waals surface area contributed by atoms with E-state index in [0.29, 0.717) is 17.2 Å². The minimum atomic E-state index is 0. The van der Waals surface area contributed by atoms with E-state index in [0.717, 1.165) is 32.3 Å². The maximum absolute atomic E-state index is 9.37. The van der Waals surface area contributed by atoms with E-state index in [2.05, 4.69) is 0 Å². The van der Waals surface area contributed by atoms with Crippen LogP contribution < -0.4 is 0 Å². The molecule has 6 aromatic carbocycles. The number of fused-ring (bicyclic) bond motifs is 3. The van der Waals surface area contributed by atoms with E-state index in [1.807, 2.05) is 109 Å². The molecule has 0 unspecified atom stereocenters. The first-order valence-corrected chi connectivity index (χ1v) is 10.6. The van der Waals surface area contributed by atoms with Crippen LogP contribution in [-0.2, 0) is 0 Å². The number of rotatable bonds is 0. The quantitative estimate of drug-likeness (QED) is 0.166. The zero-order valence-electron chi connectivity index (χ0n) is 19.0. The van der Waals surface area contributed by atoms with Crippen molar-refractivity contribution < 1.29 is 57.1 Å². The SMILES string of the molecule is Oc1cccc2ccccc12.Oc1cccc2ccccc12.Oc1cccc2ccccc12.[Ce].[NH2-]. The normalized spacial score (nSPS) is 9.60. The molecule has 6 rings (SSSR count). The molecular weight excluding hydrogens is 562 g/mol. The molecule has 0 aliphatic heterocycles. The van der Waals surface area contributed by atoms with Gasteiger partial charge in [-0.2, -0.15) is 0 Å². The average Bonchev–Trinajstić information content (AvgIpc) is 2.86. The Kier molecular flexibility index (Phi) is 11.0. The zero-order chi connectivity index (χ0) is 23.0. The van der Waals surface area contributed by atoms with Gasteiger partial charge in [-0.3, -0.25) is 0 Å². The summed E-state index contributed by atoms with van der Waals surface area (Å²) in [5.41, 5.74) is 0. The van der Waals surface area contributed by atoms with Crippen LogP contribution in [0, 0.1) is 41.7 Å². The summed E-state index contributed by atoms with van der Waals surface area (Å²) < 4.78 is 0. The monoisotopic (exact) mass is 588 g/mol. The Bertz CT molecular complexity index is 1320. The Morgan fingerprint density at radius 1 is 0.314 bits per heavy atom. The second kappa shape index (κ2) is 13.7. The summed E-state index contributed by atoms with van der Waals surface area (Å²) in [6, 6.07) is 39.9. The molecule has 0 spiro atoms. The van der Waals surface area contributed by atoms with Gasteiger partial charge in [-0.25, -0.2) is 0 Å². The maximum atomic E-state index is 9.37. The summed E-state index contributed by atoms with van der Waals surface area (Å²) in [4.78, 5) is 0. The minimum absolute atomic E-state index is 0. The number of aromatic hydroxyl groups is 3. The number of hydrogen-bond donors (Lipinski definition) is 3. The largest absolute Gasteiger partial charge is 0.693 e. The Morgan fingerprint density at radius 2 is 0.543 bits per heavy atom. The molecule has 0 aliphatic carbocycles. The molecule has 5 N–H and O–H groups in total. The van der Waals surface area contributed by atoms with Gasteiger partial charge in [0.1, 0.15) is 17.2 Å². The predicted octanol–water partition coefficient (Wildman–Crippen LogP) is 8.35. The number of phenols is 3. The van der Waals surface area contributed by atoms with Crippen LogP contribution in [0.5, 0.6) is 17.2 Å². The third kappa shape index (κ3) is 7.16. The molecule has 0 heterocycles. The fourth-order valence-electron chi connectivity index (χ4n) is 3.62. The van der Waals surface area contributed by atoms with Gasteiger partial charge in [0.2, 0.25) is 0 Å². The molecule has 5 heteroatoms. The van der Waals surface area contributed by atoms with Crippen molar-refractivity contribution in [1.29, 1.82) is 0 Å². The Morgan fingerprint density at radius 3 is 0.800 bits per heavy atom. The third-order valence-corrected chi connectivity index (χ3v) is 5.30. The standard InChI is InChI=1S/3C10H8O.Ce.H2N/c3*11-10-7-3-5-8-4-1-2-6-9(8)10;;/h3*1-7,11H;;1H2/q;;;;-1. The van der Waals surface area contributed by atoms with E-state index in [-0.39, 0.29) is 47.9 Å². The van der Waals surface area contributed by atoms with Crippen LogP contribution in [-0.4, -0.2) is 15.3 Å². The van der Waals surface area contributed by atoms with Crippen molar-refractivity contribution in [3.05, 3.63) is 134 Å². The molecule has 0 atom stereocenters. The summed E-state index contributed by atoms with van der Waals surface area (Å²) in [6.45, 7) is 0. The molecule has 0 amide bonds. The van der Waals surface area contributed by atoms with Gasteiger partial charge in [-0.05, 0) is 34.4 Å². The van der Waals surface area contributed by atoms with Crippen LogP contribution in [0.3, 0.4) is 0 Å². The molecule has 0 bridgehead atoms. The van der Waals surface area contributed by atoms with Crippen molar-refractivity contribution in [1.82, 2.24) is 0 Å². The van der Waals surface area contributed by atoms with Crippen molar-refractivity contribution in [3.63, 3.8) is 0 Å². The van der Waals surface area contributed by atoms with E-state index >= 15 is 0 Å². The molecule has 6 aromatic rings. The second-order valence-corrected chi connectivity index (χ2v) is 7.49. The smallest absolute Gasteiger partial charge is 0.123 e. The third-order valence-electron chi connectivity index (χ3n) is 5.30. The van der Waals surface area contributed by atoms with Gasteiger partial charge in [0.05, 0.1) is 0 Å². The van der Waals surface area contributed by atoms with Gasteiger partial charge in [0.15, 0.2) is 0 Å². The molecule has 35 heavy (non-hydrogen) atoms. The van der Waals surface area contributed by atoms with E-state index in [1.54, 1.807) is 18.2 Å². The molecule has 0 radical (unpaired) electrons. The first-order chi connectivity index (χ1) is 16.1. The Balaban J connectivity index is 0.000000180. The molecule has 0 aromatic heterocycles. The van der Waals surface area contributed by atoms with Crippen LogP contribution in [0.25, 0.3) is 38.5 Å². The fourth-order valence-corrected chi connectivity index (χ4v) is 3.62. The molecule has 174 valence electrons. The van der Waals surface area contributed by atoms with Gasteiger partial charge in [0, 0.05) is 57.9 Å². The van der Waals surface area contributed by atoms with Crippen LogP contribution in [0.1, 0.15) is 0 Å². The summed E-state index contributed by atoms with van der Waals surface area (Å²) >= 11 is 0. The van der Waals surface area contributed by atoms with Gasteiger partial charge in [0.25, 0.3) is 0 Å². The van der Waals surface area contributed by atoms with Crippen LogP contribution in [0.2, 0.25) is 0 Å². The van der Waals surface area contributed by atoms with E-state index in [4.69, 9.17) is 0 Å². The Labute approximate surface area is 238 Å². The van der Waals surface area contributed by atoms with Crippen LogP contribution >= 0.6 is 0 Å². The Hall–Kier alpha value is -3.16. The van der Waals surface area contributed by atoms with Crippen molar-refractivity contribution in [2.24, 2.45) is 0 Å². The summed E-state index contributed by atoms with van der Waals surface area (Å²) in [7, 11) is 0. The van der Waals surface area contributed by atoms with Crippen molar-refractivity contribution in [3.8, 4) is 17.2 Å². The number of benzene rings is 6. The summed E-state index contributed by atoms with van der Waals surface area (Å²) in [5, 5.41) is 34.1. The van der Waals surface area contributed by atoms with Crippen molar-refractivity contribution in [2.75, 3.05) is 0 Å². The topological polar surface area (TPSA) is 94.2 Å². The van der Waals surface area contributed by atoms with E-state index in [1.165, 1.54) is 0 Å². The first-order valence-electron chi connectivity index (χ1n) is 10.6.